The lowest BCUT2D eigenvalue weighted by molar-refractivity contribution is -0.122. The number of nitrogens with zero attached hydrogens (tertiary/aromatic N) is 1. The van der Waals surface area contributed by atoms with Crippen molar-refractivity contribution < 1.29 is 4.79 Å². The number of hydrogen-bond donors (Lipinski definition) is 2. The summed E-state index contributed by atoms with van der Waals surface area (Å²) in [6.45, 7) is 3.47. The van der Waals surface area contributed by atoms with Crippen LogP contribution in [0.1, 0.15) is 17.0 Å². The molecule has 1 fully saturated rings. The number of carbonyl (C=O) groups is 1. The summed E-state index contributed by atoms with van der Waals surface area (Å²) in [5.41, 5.74) is 8.46. The van der Waals surface area contributed by atoms with E-state index in [9.17, 15) is 4.79 Å². The fourth-order valence-electron chi connectivity index (χ4n) is 3.66. The Bertz CT molecular complexity index is 705. The highest BCUT2D eigenvalue weighted by Gasteiger charge is 2.33. The van der Waals surface area contributed by atoms with Gasteiger partial charge in [-0.3, -0.25) is 9.69 Å². The number of nitrogens with two attached hydrogens (primary N) is 1. The number of benzene rings is 2. The molecule has 1 saturated heterocycles. The Balaban J connectivity index is 1.46. The van der Waals surface area contributed by atoms with E-state index in [4.69, 9.17) is 17.3 Å². The Kier molecular flexibility index (Phi) is 6.67. The average Bonchev–Trinajstić information content (AvgIpc) is 3.07. The molecular formula is C21H26ClN3O. The van der Waals surface area contributed by atoms with Crippen molar-refractivity contribution in [1.82, 2.24) is 10.2 Å². The predicted molar refractivity (Wildman–Crippen MR) is 106 cm³/mol. The maximum absolute atomic E-state index is 12.3. The largest absolute Gasteiger partial charge is 0.355 e. The van der Waals surface area contributed by atoms with Gasteiger partial charge < -0.3 is 11.1 Å². The maximum atomic E-state index is 12.3. The van der Waals surface area contributed by atoms with Crippen molar-refractivity contribution in [2.24, 2.45) is 11.7 Å². The molecule has 5 heteroatoms. The van der Waals surface area contributed by atoms with Crippen molar-refractivity contribution in [1.29, 1.82) is 0 Å². The van der Waals surface area contributed by atoms with Gasteiger partial charge in [-0.25, -0.2) is 0 Å². The molecule has 2 atom stereocenters. The van der Waals surface area contributed by atoms with Crippen LogP contribution in [0.2, 0.25) is 5.02 Å². The Morgan fingerprint density at radius 1 is 1.12 bits per heavy atom. The number of halogens is 1. The second-order valence-corrected chi connectivity index (χ2v) is 7.37. The first kappa shape index (κ1) is 18.9. The molecule has 2 aromatic carbocycles. The predicted octanol–water partition coefficient (Wildman–Crippen LogP) is 2.67. The fourth-order valence-corrected chi connectivity index (χ4v) is 3.79. The second kappa shape index (κ2) is 9.17. The molecule has 3 N–H and O–H groups in total. The summed E-state index contributed by atoms with van der Waals surface area (Å²) in [4.78, 5) is 14.5. The number of nitrogens with one attached hydrogen (secondary N) is 1. The van der Waals surface area contributed by atoms with Gasteiger partial charge in [-0.15, -0.1) is 0 Å². The van der Waals surface area contributed by atoms with Crippen molar-refractivity contribution in [3.63, 3.8) is 0 Å². The van der Waals surface area contributed by atoms with E-state index in [1.807, 2.05) is 30.3 Å². The minimum atomic E-state index is 0.0726. The highest BCUT2D eigenvalue weighted by molar-refractivity contribution is 6.30. The van der Waals surface area contributed by atoms with Gasteiger partial charge in [0.25, 0.3) is 0 Å². The van der Waals surface area contributed by atoms with E-state index in [0.717, 1.165) is 24.5 Å². The first-order chi connectivity index (χ1) is 12.7. The molecule has 1 heterocycles. The molecule has 0 spiro atoms. The van der Waals surface area contributed by atoms with Crippen molar-refractivity contribution in [3.05, 3.63) is 70.7 Å². The second-order valence-electron chi connectivity index (χ2n) is 6.93. The van der Waals surface area contributed by atoms with Crippen LogP contribution < -0.4 is 11.1 Å². The lowest BCUT2D eigenvalue weighted by Crippen LogP contribution is -2.37. The van der Waals surface area contributed by atoms with Gasteiger partial charge in [0, 0.05) is 30.6 Å². The fraction of sp³-hybridized carbons (Fsp3) is 0.381. The standard InChI is InChI=1S/C21H26ClN3O/c22-19-8-6-16(7-9-19)10-11-24-21(26)15-25-13-18(12-23)20(14-25)17-4-2-1-3-5-17/h1-9,18,20H,10-15,23H2,(H,24,26)/t18-,20+/m1/s1. The molecular weight excluding hydrogens is 346 g/mol. The number of hydrogen-bond acceptors (Lipinski definition) is 3. The molecule has 2 aromatic rings. The third-order valence-electron chi connectivity index (χ3n) is 5.06. The van der Waals surface area contributed by atoms with E-state index < -0.39 is 0 Å². The van der Waals surface area contributed by atoms with Crippen LogP contribution in [0.5, 0.6) is 0 Å². The van der Waals surface area contributed by atoms with Crippen LogP contribution in [0.15, 0.2) is 54.6 Å². The molecule has 0 radical (unpaired) electrons. The summed E-state index contributed by atoms with van der Waals surface area (Å²) in [7, 11) is 0. The molecule has 0 saturated carbocycles. The average molecular weight is 372 g/mol. The van der Waals surface area contributed by atoms with E-state index in [1.54, 1.807) is 0 Å². The van der Waals surface area contributed by atoms with Gasteiger partial charge in [0.05, 0.1) is 6.54 Å². The lowest BCUT2D eigenvalue weighted by atomic mass is 9.89. The van der Waals surface area contributed by atoms with E-state index in [-0.39, 0.29) is 5.91 Å². The van der Waals surface area contributed by atoms with Gasteiger partial charge in [0.2, 0.25) is 5.91 Å². The Labute approximate surface area is 160 Å². The molecule has 0 bridgehead atoms. The molecule has 0 aromatic heterocycles. The third-order valence-corrected chi connectivity index (χ3v) is 5.32. The SMILES string of the molecule is NC[C@@H]1CN(CC(=O)NCCc2ccc(Cl)cc2)C[C@H]1c1ccccc1. The normalized spacial score (nSPS) is 20.2. The number of amides is 1. The summed E-state index contributed by atoms with van der Waals surface area (Å²) in [5.74, 6) is 0.880. The van der Waals surface area contributed by atoms with Crippen LogP contribution in [-0.4, -0.2) is 43.5 Å². The minimum Gasteiger partial charge on any atom is -0.355 e. The summed E-state index contributed by atoms with van der Waals surface area (Å²) < 4.78 is 0. The summed E-state index contributed by atoms with van der Waals surface area (Å²) in [5, 5.41) is 3.75. The maximum Gasteiger partial charge on any atom is 0.234 e. The number of carbonyl (C=O) groups excluding carboxylic acids is 1. The molecule has 26 heavy (non-hydrogen) atoms. The van der Waals surface area contributed by atoms with Gasteiger partial charge in [-0.05, 0) is 42.1 Å². The van der Waals surface area contributed by atoms with Gasteiger partial charge in [-0.2, -0.15) is 0 Å². The first-order valence-corrected chi connectivity index (χ1v) is 9.52. The first-order valence-electron chi connectivity index (χ1n) is 9.14. The van der Waals surface area contributed by atoms with E-state index in [2.05, 4.69) is 34.5 Å². The number of likely N-dealkylation sites (tertiary alicyclic amines) is 1. The molecule has 1 aliphatic rings. The Morgan fingerprint density at radius 2 is 1.85 bits per heavy atom. The zero-order chi connectivity index (χ0) is 18.4. The smallest absolute Gasteiger partial charge is 0.234 e. The Morgan fingerprint density at radius 3 is 2.54 bits per heavy atom. The molecule has 1 amide bonds. The topological polar surface area (TPSA) is 58.4 Å². The summed E-state index contributed by atoms with van der Waals surface area (Å²) in [6.07, 6.45) is 0.807. The zero-order valence-corrected chi connectivity index (χ0v) is 15.7. The van der Waals surface area contributed by atoms with Crippen LogP contribution in [0.3, 0.4) is 0 Å². The third kappa shape index (κ3) is 5.07. The van der Waals surface area contributed by atoms with Crippen LogP contribution in [0, 0.1) is 5.92 Å². The zero-order valence-electron chi connectivity index (χ0n) is 14.9. The summed E-state index contributed by atoms with van der Waals surface area (Å²) in [6, 6.07) is 18.2. The van der Waals surface area contributed by atoms with Crippen LogP contribution >= 0.6 is 11.6 Å². The lowest BCUT2D eigenvalue weighted by Gasteiger charge is -2.16. The van der Waals surface area contributed by atoms with Crippen molar-refractivity contribution in [2.45, 2.75) is 12.3 Å². The molecule has 1 aliphatic heterocycles. The van der Waals surface area contributed by atoms with E-state index in [1.165, 1.54) is 11.1 Å². The number of rotatable bonds is 7. The van der Waals surface area contributed by atoms with Gasteiger partial charge >= 0.3 is 0 Å². The molecule has 3 rings (SSSR count). The highest BCUT2D eigenvalue weighted by atomic mass is 35.5. The van der Waals surface area contributed by atoms with Crippen LogP contribution in [0.25, 0.3) is 0 Å². The van der Waals surface area contributed by atoms with Gasteiger partial charge in [-0.1, -0.05) is 54.1 Å². The van der Waals surface area contributed by atoms with Crippen LogP contribution in [-0.2, 0) is 11.2 Å². The minimum absolute atomic E-state index is 0.0726. The quantitative estimate of drug-likeness (QED) is 0.786. The monoisotopic (exact) mass is 371 g/mol. The molecule has 0 aliphatic carbocycles. The van der Waals surface area contributed by atoms with E-state index >= 15 is 0 Å². The van der Waals surface area contributed by atoms with Crippen molar-refractivity contribution in [2.75, 3.05) is 32.7 Å². The van der Waals surface area contributed by atoms with Crippen molar-refractivity contribution in [3.8, 4) is 0 Å². The van der Waals surface area contributed by atoms with Crippen molar-refractivity contribution >= 4 is 17.5 Å². The molecule has 0 unspecified atom stereocenters. The Hall–Kier alpha value is -1.88. The van der Waals surface area contributed by atoms with Crippen LogP contribution in [0.4, 0.5) is 0 Å². The molecule has 4 nitrogen and oxygen atoms in total. The van der Waals surface area contributed by atoms with Gasteiger partial charge in [0.15, 0.2) is 0 Å². The highest BCUT2D eigenvalue weighted by Crippen LogP contribution is 2.31. The summed E-state index contributed by atoms with van der Waals surface area (Å²) >= 11 is 5.89. The van der Waals surface area contributed by atoms with Gasteiger partial charge in [0.1, 0.15) is 0 Å². The van der Waals surface area contributed by atoms with E-state index in [0.29, 0.717) is 31.5 Å². The molecule has 138 valence electrons.